The zero-order valence-electron chi connectivity index (χ0n) is 14.4. The lowest BCUT2D eigenvalue weighted by Gasteiger charge is -2.40. The number of benzene rings is 1. The molecule has 2 aliphatic rings. The normalized spacial score (nSPS) is 19.8. The molecule has 2 amide bonds. The molecule has 0 spiro atoms. The zero-order valence-corrected chi connectivity index (χ0v) is 15.2. The van der Waals surface area contributed by atoms with Crippen LogP contribution in [0.25, 0.3) is 0 Å². The Morgan fingerprint density at radius 1 is 1.04 bits per heavy atom. The van der Waals surface area contributed by atoms with Gasteiger partial charge < -0.3 is 10.2 Å². The van der Waals surface area contributed by atoms with Gasteiger partial charge in [-0.1, -0.05) is 25.3 Å². The molecular formula is C18H26N2O3S. The third-order valence-electron chi connectivity index (χ3n) is 5.37. The number of nitrogens with one attached hydrogen (secondary N) is 1. The molecule has 6 heteroatoms. The van der Waals surface area contributed by atoms with Gasteiger partial charge in [-0.05, 0) is 49.9 Å². The summed E-state index contributed by atoms with van der Waals surface area (Å²) in [4.78, 5) is 13.8. The fraction of sp³-hybridized carbons (Fsp3) is 0.611. The van der Waals surface area contributed by atoms with Crippen LogP contribution in [0.4, 0.5) is 10.5 Å². The first kappa shape index (κ1) is 17.3. The van der Waals surface area contributed by atoms with Gasteiger partial charge in [-0.2, -0.15) is 0 Å². The smallest absolute Gasteiger partial charge is 0.321 e. The molecule has 1 saturated heterocycles. The molecule has 0 unspecified atom stereocenters. The van der Waals surface area contributed by atoms with E-state index in [2.05, 4.69) is 5.32 Å². The first-order chi connectivity index (χ1) is 11.4. The molecule has 1 heterocycles. The number of hydrogen-bond acceptors (Lipinski definition) is 3. The summed E-state index contributed by atoms with van der Waals surface area (Å²) in [7, 11) is -3.10. The summed E-state index contributed by atoms with van der Waals surface area (Å²) in [5, 5.41) is 2.28. The second-order valence-electron chi connectivity index (χ2n) is 7.11. The molecule has 24 heavy (non-hydrogen) atoms. The second kappa shape index (κ2) is 6.75. The van der Waals surface area contributed by atoms with Crippen molar-refractivity contribution in [1.82, 2.24) is 4.90 Å². The third kappa shape index (κ3) is 3.43. The summed E-state index contributed by atoms with van der Waals surface area (Å²) in [6, 6.07) is 5.56. The summed E-state index contributed by atoms with van der Waals surface area (Å²) >= 11 is 0. The van der Waals surface area contributed by atoms with Crippen molar-refractivity contribution in [3.63, 3.8) is 0 Å². The predicted octanol–water partition coefficient (Wildman–Crippen LogP) is 3.27. The number of carbonyl (C=O) groups excluding carboxylic acids is 1. The molecule has 1 aromatic rings. The van der Waals surface area contributed by atoms with E-state index in [0.29, 0.717) is 13.1 Å². The van der Waals surface area contributed by atoms with Gasteiger partial charge >= 0.3 is 6.03 Å². The summed E-state index contributed by atoms with van der Waals surface area (Å²) in [6.07, 6.45) is 4.73. The fourth-order valence-corrected chi connectivity index (χ4v) is 5.81. The van der Waals surface area contributed by atoms with Gasteiger partial charge in [-0.3, -0.25) is 0 Å². The highest BCUT2D eigenvalue weighted by Crippen LogP contribution is 2.30. The van der Waals surface area contributed by atoms with E-state index < -0.39 is 9.84 Å². The Morgan fingerprint density at radius 2 is 1.71 bits per heavy atom. The average Bonchev–Trinajstić information content (AvgIpc) is 2.50. The van der Waals surface area contributed by atoms with Crippen LogP contribution in [-0.2, 0) is 9.84 Å². The van der Waals surface area contributed by atoms with Crippen LogP contribution in [0.1, 0.15) is 43.2 Å². The van der Waals surface area contributed by atoms with Crippen LogP contribution in [0.2, 0.25) is 0 Å². The summed E-state index contributed by atoms with van der Waals surface area (Å²) in [5.41, 5.74) is 3.05. The minimum absolute atomic E-state index is 0.193. The lowest BCUT2D eigenvalue weighted by atomic mass is 10.0. The van der Waals surface area contributed by atoms with E-state index in [1.165, 1.54) is 5.56 Å². The minimum atomic E-state index is -3.10. The maximum atomic E-state index is 12.6. The van der Waals surface area contributed by atoms with Crippen molar-refractivity contribution in [3.05, 3.63) is 29.3 Å². The van der Waals surface area contributed by atoms with Crippen molar-refractivity contribution in [3.8, 4) is 0 Å². The monoisotopic (exact) mass is 350 g/mol. The summed E-state index contributed by atoms with van der Waals surface area (Å²) < 4.78 is 25.2. The maximum Gasteiger partial charge on any atom is 0.321 e. The number of sulfone groups is 1. The van der Waals surface area contributed by atoms with Gasteiger partial charge in [0.2, 0.25) is 0 Å². The van der Waals surface area contributed by atoms with Crippen LogP contribution >= 0.6 is 0 Å². The van der Waals surface area contributed by atoms with Crippen LogP contribution in [0.5, 0.6) is 0 Å². The molecule has 1 aliphatic heterocycles. The van der Waals surface area contributed by atoms with Crippen LogP contribution in [0.3, 0.4) is 0 Å². The molecule has 0 radical (unpaired) electrons. The van der Waals surface area contributed by atoms with Gasteiger partial charge in [-0.15, -0.1) is 0 Å². The Kier molecular flexibility index (Phi) is 4.85. The molecule has 0 aromatic heterocycles. The Hall–Kier alpha value is -1.56. The number of urea groups is 1. The van der Waals surface area contributed by atoms with Crippen molar-refractivity contribution in [2.75, 3.05) is 18.4 Å². The van der Waals surface area contributed by atoms with Crippen molar-refractivity contribution in [2.45, 2.75) is 56.5 Å². The van der Waals surface area contributed by atoms with Gasteiger partial charge in [-0.25, -0.2) is 13.2 Å². The lowest BCUT2D eigenvalue weighted by Crippen LogP contribution is -2.59. The van der Waals surface area contributed by atoms with Crippen molar-refractivity contribution in [1.29, 1.82) is 0 Å². The number of carbonyl (C=O) groups is 1. The van der Waals surface area contributed by atoms with E-state index in [-0.39, 0.29) is 16.5 Å². The predicted molar refractivity (Wildman–Crippen MR) is 96.1 cm³/mol. The molecule has 1 N–H and O–H groups in total. The van der Waals surface area contributed by atoms with E-state index in [0.717, 1.165) is 43.4 Å². The van der Waals surface area contributed by atoms with Crippen LogP contribution < -0.4 is 5.32 Å². The Labute approximate surface area is 144 Å². The Balaban J connectivity index is 1.55. The molecule has 1 saturated carbocycles. The van der Waals surface area contributed by atoms with Gasteiger partial charge in [0, 0.05) is 18.8 Å². The standard InChI is InChI=1S/C18H26N2O3S/c1-13-8-9-15(10-14(13)2)19-18(21)20-11-17(12-20)24(22,23)16-6-4-3-5-7-16/h8-10,16-17H,3-7,11-12H2,1-2H3,(H,19,21). The van der Waals surface area contributed by atoms with Gasteiger partial charge in [0.1, 0.15) is 0 Å². The minimum Gasteiger partial charge on any atom is -0.322 e. The number of nitrogens with zero attached hydrogens (tertiary/aromatic N) is 1. The first-order valence-corrected chi connectivity index (χ1v) is 10.3. The highest BCUT2D eigenvalue weighted by atomic mass is 32.2. The molecule has 0 atom stereocenters. The van der Waals surface area contributed by atoms with E-state index >= 15 is 0 Å². The number of hydrogen-bond donors (Lipinski definition) is 1. The molecule has 1 aromatic carbocycles. The van der Waals surface area contributed by atoms with Crippen molar-refractivity contribution >= 4 is 21.6 Å². The largest absolute Gasteiger partial charge is 0.322 e. The van der Waals surface area contributed by atoms with E-state index in [1.54, 1.807) is 4.90 Å². The van der Waals surface area contributed by atoms with Gasteiger partial charge in [0.25, 0.3) is 0 Å². The SMILES string of the molecule is Cc1ccc(NC(=O)N2CC(S(=O)(=O)C3CCCCC3)C2)cc1C. The maximum absolute atomic E-state index is 12.6. The number of amides is 2. The van der Waals surface area contributed by atoms with Crippen molar-refractivity contribution < 1.29 is 13.2 Å². The fourth-order valence-electron chi connectivity index (χ4n) is 3.50. The topological polar surface area (TPSA) is 66.5 Å². The van der Waals surface area contributed by atoms with Gasteiger partial charge in [0.15, 0.2) is 9.84 Å². The van der Waals surface area contributed by atoms with E-state index in [9.17, 15) is 13.2 Å². The summed E-state index contributed by atoms with van der Waals surface area (Å²) in [5.74, 6) is 0. The van der Waals surface area contributed by atoms with Gasteiger partial charge in [0.05, 0.1) is 10.5 Å². The molecule has 132 valence electrons. The third-order valence-corrected chi connectivity index (χ3v) is 8.00. The molecule has 2 fully saturated rings. The number of anilines is 1. The van der Waals surface area contributed by atoms with Crippen LogP contribution in [0, 0.1) is 13.8 Å². The van der Waals surface area contributed by atoms with E-state index in [1.807, 2.05) is 32.0 Å². The van der Waals surface area contributed by atoms with E-state index in [4.69, 9.17) is 0 Å². The number of likely N-dealkylation sites (tertiary alicyclic amines) is 1. The molecule has 5 nitrogen and oxygen atoms in total. The first-order valence-electron chi connectivity index (χ1n) is 8.74. The Bertz CT molecular complexity index is 718. The molecule has 0 bridgehead atoms. The average molecular weight is 350 g/mol. The zero-order chi connectivity index (χ0) is 17.3. The molecule has 3 rings (SSSR count). The highest BCUT2D eigenvalue weighted by Gasteiger charge is 2.43. The van der Waals surface area contributed by atoms with Crippen molar-refractivity contribution in [2.24, 2.45) is 0 Å². The summed E-state index contributed by atoms with van der Waals surface area (Å²) in [6.45, 7) is 4.66. The lowest BCUT2D eigenvalue weighted by molar-refractivity contribution is 0.182. The number of aryl methyl sites for hydroxylation is 2. The highest BCUT2D eigenvalue weighted by molar-refractivity contribution is 7.92. The molecule has 1 aliphatic carbocycles. The molecular weight excluding hydrogens is 324 g/mol. The number of rotatable bonds is 3. The Morgan fingerprint density at radius 3 is 2.33 bits per heavy atom. The van der Waals surface area contributed by atoms with Crippen LogP contribution in [0.15, 0.2) is 18.2 Å². The quantitative estimate of drug-likeness (QED) is 0.910. The second-order valence-corrected chi connectivity index (χ2v) is 9.62. The van der Waals surface area contributed by atoms with Crippen LogP contribution in [-0.4, -0.2) is 42.9 Å².